The summed E-state index contributed by atoms with van der Waals surface area (Å²) in [6.45, 7) is 8.37. The van der Waals surface area contributed by atoms with Crippen LogP contribution in [0.3, 0.4) is 0 Å². The number of piperidine rings is 1. The van der Waals surface area contributed by atoms with Crippen LogP contribution in [0.1, 0.15) is 26.7 Å². The summed E-state index contributed by atoms with van der Waals surface area (Å²) in [5, 5.41) is 7.86. The molecule has 1 aliphatic rings. The first-order valence-electron chi connectivity index (χ1n) is 10.2. The zero-order valence-corrected chi connectivity index (χ0v) is 17.9. The number of benzene rings is 1. The lowest BCUT2D eigenvalue weighted by Crippen LogP contribution is -2.40. The lowest BCUT2D eigenvalue weighted by Gasteiger charge is -2.34. The van der Waals surface area contributed by atoms with Crippen molar-refractivity contribution in [1.82, 2.24) is 20.0 Å². The van der Waals surface area contributed by atoms with Gasteiger partial charge in [0.15, 0.2) is 0 Å². The Bertz CT molecular complexity index is 871. The van der Waals surface area contributed by atoms with E-state index < -0.39 is 0 Å². The minimum absolute atomic E-state index is 0.0853. The van der Waals surface area contributed by atoms with Gasteiger partial charge in [-0.25, -0.2) is 4.68 Å². The summed E-state index contributed by atoms with van der Waals surface area (Å²) in [6.07, 6.45) is 2.20. The highest BCUT2D eigenvalue weighted by atomic mass is 35.5. The van der Waals surface area contributed by atoms with Crippen molar-refractivity contribution in [1.29, 1.82) is 0 Å². The minimum Gasteiger partial charge on any atom is -0.354 e. The van der Waals surface area contributed by atoms with E-state index in [2.05, 4.69) is 29.2 Å². The molecule has 2 heterocycles. The summed E-state index contributed by atoms with van der Waals surface area (Å²) in [7, 11) is 0. The highest BCUT2D eigenvalue weighted by Gasteiger charge is 2.21. The Balaban J connectivity index is 1.49. The van der Waals surface area contributed by atoms with Crippen molar-refractivity contribution in [2.75, 3.05) is 26.2 Å². The summed E-state index contributed by atoms with van der Waals surface area (Å²) in [6, 6.07) is 10.3. The number of likely N-dealkylation sites (tertiary alicyclic amines) is 1. The van der Waals surface area contributed by atoms with Crippen LogP contribution < -0.4 is 10.9 Å². The molecule has 1 fully saturated rings. The molecule has 0 bridgehead atoms. The second-order valence-corrected chi connectivity index (χ2v) is 8.57. The average Bonchev–Trinajstić information content (AvgIpc) is 2.67. The molecule has 1 amide bonds. The van der Waals surface area contributed by atoms with Crippen molar-refractivity contribution in [3.8, 4) is 11.3 Å². The van der Waals surface area contributed by atoms with E-state index in [1.165, 1.54) is 17.2 Å². The molecule has 3 rings (SSSR count). The quantitative estimate of drug-likeness (QED) is 0.704. The van der Waals surface area contributed by atoms with E-state index in [-0.39, 0.29) is 18.0 Å². The molecule has 0 unspecified atom stereocenters. The van der Waals surface area contributed by atoms with Crippen molar-refractivity contribution in [2.24, 2.45) is 11.8 Å². The van der Waals surface area contributed by atoms with Crippen LogP contribution in [0.2, 0.25) is 5.02 Å². The maximum atomic E-state index is 12.3. The Morgan fingerprint density at radius 1 is 1.14 bits per heavy atom. The summed E-state index contributed by atoms with van der Waals surface area (Å²) in [5.74, 6) is 1.27. The van der Waals surface area contributed by atoms with E-state index in [4.69, 9.17) is 11.6 Å². The van der Waals surface area contributed by atoms with E-state index in [9.17, 15) is 9.59 Å². The summed E-state index contributed by atoms with van der Waals surface area (Å²) in [4.78, 5) is 26.8. The monoisotopic (exact) mass is 416 g/mol. The molecule has 2 aromatic rings. The van der Waals surface area contributed by atoms with Crippen LogP contribution in [0.15, 0.2) is 41.2 Å². The largest absolute Gasteiger partial charge is 0.354 e. The predicted molar refractivity (Wildman–Crippen MR) is 116 cm³/mol. The van der Waals surface area contributed by atoms with Crippen molar-refractivity contribution in [3.05, 3.63) is 51.8 Å². The normalized spacial score (nSPS) is 19.8. The summed E-state index contributed by atoms with van der Waals surface area (Å²) in [5.41, 5.74) is 1.17. The zero-order valence-electron chi connectivity index (χ0n) is 17.1. The van der Waals surface area contributed by atoms with Gasteiger partial charge in [-0.3, -0.25) is 9.59 Å². The first-order valence-corrected chi connectivity index (χ1v) is 10.6. The molecule has 156 valence electrons. The van der Waals surface area contributed by atoms with Gasteiger partial charge in [0.25, 0.3) is 5.56 Å². The molecular formula is C22H29ClN4O2. The van der Waals surface area contributed by atoms with Crippen LogP contribution in [-0.2, 0) is 11.3 Å². The molecular weight excluding hydrogens is 388 g/mol. The van der Waals surface area contributed by atoms with Crippen LogP contribution in [0.5, 0.6) is 0 Å². The topological polar surface area (TPSA) is 67.2 Å². The fourth-order valence-corrected chi connectivity index (χ4v) is 4.16. The molecule has 1 N–H and O–H groups in total. The number of carbonyl (C=O) groups is 1. The third-order valence-electron chi connectivity index (χ3n) is 5.22. The smallest absolute Gasteiger partial charge is 0.267 e. The first-order chi connectivity index (χ1) is 13.9. The number of rotatable bonds is 7. The highest BCUT2D eigenvalue weighted by molar-refractivity contribution is 6.30. The molecule has 1 aromatic carbocycles. The number of amides is 1. The SMILES string of the molecule is C[C@H]1C[C@H](C)CN(CCCNC(=O)Cn2nc(-c3ccc(Cl)cc3)ccc2=O)C1. The number of hydrogen-bond acceptors (Lipinski definition) is 4. The van der Waals surface area contributed by atoms with E-state index in [1.807, 2.05) is 12.1 Å². The lowest BCUT2D eigenvalue weighted by atomic mass is 9.92. The average molecular weight is 417 g/mol. The standard InChI is InChI=1S/C22H29ClN4O2/c1-16-12-17(2)14-26(13-16)11-3-10-24-21(28)15-27-22(29)9-8-20(25-27)18-4-6-19(23)7-5-18/h4-9,16-17H,3,10-15H2,1-2H3,(H,24,28)/t16-,17-/m0/s1. The summed E-state index contributed by atoms with van der Waals surface area (Å²) >= 11 is 5.92. The van der Waals surface area contributed by atoms with Gasteiger partial charge in [-0.1, -0.05) is 37.6 Å². The van der Waals surface area contributed by atoms with Gasteiger partial charge in [0, 0.05) is 36.3 Å². The van der Waals surface area contributed by atoms with E-state index in [1.54, 1.807) is 18.2 Å². The van der Waals surface area contributed by atoms with Crippen molar-refractivity contribution < 1.29 is 4.79 Å². The van der Waals surface area contributed by atoms with Gasteiger partial charge in [0.2, 0.25) is 5.91 Å². The summed E-state index contributed by atoms with van der Waals surface area (Å²) < 4.78 is 1.20. The second-order valence-electron chi connectivity index (χ2n) is 8.13. The fraction of sp³-hybridized carbons (Fsp3) is 0.500. The molecule has 7 heteroatoms. The van der Waals surface area contributed by atoms with Gasteiger partial charge >= 0.3 is 0 Å². The van der Waals surface area contributed by atoms with Gasteiger partial charge in [-0.15, -0.1) is 0 Å². The van der Waals surface area contributed by atoms with Crippen LogP contribution in [0.25, 0.3) is 11.3 Å². The second kappa shape index (κ2) is 10.0. The molecule has 0 spiro atoms. The molecule has 29 heavy (non-hydrogen) atoms. The molecule has 1 saturated heterocycles. The zero-order chi connectivity index (χ0) is 20.8. The first kappa shape index (κ1) is 21.5. The van der Waals surface area contributed by atoms with Crippen LogP contribution in [0, 0.1) is 11.8 Å². The van der Waals surface area contributed by atoms with Crippen LogP contribution in [0.4, 0.5) is 0 Å². The number of hydrogen-bond donors (Lipinski definition) is 1. The number of aromatic nitrogens is 2. The Labute approximate surface area is 176 Å². The third kappa shape index (κ3) is 6.41. The van der Waals surface area contributed by atoms with E-state index in [0.717, 1.165) is 43.5 Å². The number of nitrogens with zero attached hydrogens (tertiary/aromatic N) is 3. The van der Waals surface area contributed by atoms with Crippen molar-refractivity contribution >= 4 is 17.5 Å². The maximum Gasteiger partial charge on any atom is 0.267 e. The highest BCUT2D eigenvalue weighted by Crippen LogP contribution is 2.21. The molecule has 6 nitrogen and oxygen atoms in total. The number of nitrogens with one attached hydrogen (secondary N) is 1. The van der Waals surface area contributed by atoms with Crippen LogP contribution in [-0.4, -0.2) is 46.8 Å². The van der Waals surface area contributed by atoms with Crippen molar-refractivity contribution in [3.63, 3.8) is 0 Å². The number of carbonyl (C=O) groups excluding carboxylic acids is 1. The maximum absolute atomic E-state index is 12.3. The Kier molecular flexibility index (Phi) is 7.45. The molecule has 0 radical (unpaired) electrons. The van der Waals surface area contributed by atoms with Gasteiger partial charge in [-0.05, 0) is 49.4 Å². The van der Waals surface area contributed by atoms with E-state index >= 15 is 0 Å². The Morgan fingerprint density at radius 2 is 1.83 bits per heavy atom. The molecule has 0 saturated carbocycles. The van der Waals surface area contributed by atoms with Crippen LogP contribution >= 0.6 is 11.6 Å². The predicted octanol–water partition coefficient (Wildman–Crippen LogP) is 3.05. The van der Waals surface area contributed by atoms with Gasteiger partial charge < -0.3 is 10.2 Å². The fourth-order valence-electron chi connectivity index (χ4n) is 4.03. The molecule has 1 aromatic heterocycles. The molecule has 1 aliphatic heterocycles. The third-order valence-corrected chi connectivity index (χ3v) is 5.47. The minimum atomic E-state index is -0.297. The van der Waals surface area contributed by atoms with Gasteiger partial charge in [0.05, 0.1) is 5.69 Å². The van der Waals surface area contributed by atoms with Gasteiger partial charge in [-0.2, -0.15) is 5.10 Å². The van der Waals surface area contributed by atoms with Gasteiger partial charge in [0.1, 0.15) is 6.54 Å². The Hall–Kier alpha value is -2.18. The lowest BCUT2D eigenvalue weighted by molar-refractivity contribution is -0.121. The van der Waals surface area contributed by atoms with Crippen molar-refractivity contribution in [2.45, 2.75) is 33.2 Å². The van der Waals surface area contributed by atoms with E-state index in [0.29, 0.717) is 17.3 Å². The number of halogens is 1. The Morgan fingerprint density at radius 3 is 2.52 bits per heavy atom. The molecule has 2 atom stereocenters. The molecule has 0 aliphatic carbocycles.